The topological polar surface area (TPSA) is 76.2 Å². The van der Waals surface area contributed by atoms with E-state index in [4.69, 9.17) is 5.73 Å². The van der Waals surface area contributed by atoms with Crippen molar-refractivity contribution >= 4 is 5.91 Å². The molecule has 1 heterocycles. The average Bonchev–Trinajstić information content (AvgIpc) is 2.74. The molecule has 0 fully saturated rings. The van der Waals surface area contributed by atoms with Gasteiger partial charge in [-0.05, 0) is 20.4 Å². The van der Waals surface area contributed by atoms with Gasteiger partial charge >= 0.3 is 0 Å². The lowest BCUT2D eigenvalue weighted by Crippen LogP contribution is -2.43. The Morgan fingerprint density at radius 1 is 1.58 bits per heavy atom. The van der Waals surface area contributed by atoms with Crippen molar-refractivity contribution in [1.29, 1.82) is 0 Å². The summed E-state index contributed by atoms with van der Waals surface area (Å²) in [7, 11) is 1.87. The maximum atomic E-state index is 11.9. The van der Waals surface area contributed by atoms with E-state index in [1.54, 1.807) is 10.9 Å². The second-order valence-electron chi connectivity index (χ2n) is 4.98. The fourth-order valence-corrected chi connectivity index (χ4v) is 2.10. The van der Waals surface area contributed by atoms with Crippen LogP contribution in [0, 0.1) is 0 Å². The number of carbonyl (C=O) groups is 1. The van der Waals surface area contributed by atoms with Gasteiger partial charge in [-0.1, -0.05) is 6.92 Å². The SMILES string of the molecule is CCN(CC(=O)NC(C)C)C(CN)c1cnn(C)c1. The summed E-state index contributed by atoms with van der Waals surface area (Å²) in [5, 5.41) is 7.06. The fraction of sp³-hybridized carbons (Fsp3) is 0.692. The normalized spacial score (nSPS) is 13.0. The van der Waals surface area contributed by atoms with Crippen molar-refractivity contribution in [2.75, 3.05) is 19.6 Å². The zero-order valence-electron chi connectivity index (χ0n) is 12.3. The maximum Gasteiger partial charge on any atom is 0.234 e. The van der Waals surface area contributed by atoms with Gasteiger partial charge < -0.3 is 11.1 Å². The summed E-state index contributed by atoms with van der Waals surface area (Å²) in [6, 6.07) is 0.178. The summed E-state index contributed by atoms with van der Waals surface area (Å²) in [6.45, 7) is 7.52. The van der Waals surface area contributed by atoms with Gasteiger partial charge in [-0.2, -0.15) is 5.10 Å². The lowest BCUT2D eigenvalue weighted by molar-refractivity contribution is -0.123. The van der Waals surface area contributed by atoms with E-state index in [1.807, 2.05) is 34.0 Å². The second kappa shape index (κ2) is 7.25. The second-order valence-corrected chi connectivity index (χ2v) is 4.98. The molecule has 1 rings (SSSR count). The molecule has 1 atom stereocenters. The third-order valence-corrected chi connectivity index (χ3v) is 2.98. The lowest BCUT2D eigenvalue weighted by atomic mass is 10.1. The molecule has 1 amide bonds. The molecule has 0 aliphatic heterocycles. The number of likely N-dealkylation sites (N-methyl/N-ethyl adjacent to an activating group) is 1. The average molecular weight is 267 g/mol. The van der Waals surface area contributed by atoms with Gasteiger partial charge in [0.25, 0.3) is 0 Å². The van der Waals surface area contributed by atoms with Crippen LogP contribution in [0.15, 0.2) is 12.4 Å². The first-order chi connectivity index (χ1) is 8.97. The Hall–Kier alpha value is -1.40. The van der Waals surface area contributed by atoms with Gasteiger partial charge in [0.15, 0.2) is 0 Å². The van der Waals surface area contributed by atoms with Crippen LogP contribution in [0.1, 0.15) is 32.4 Å². The molecule has 0 saturated carbocycles. The van der Waals surface area contributed by atoms with Crippen molar-refractivity contribution in [1.82, 2.24) is 20.0 Å². The van der Waals surface area contributed by atoms with Crippen LogP contribution < -0.4 is 11.1 Å². The first-order valence-electron chi connectivity index (χ1n) is 6.69. The summed E-state index contributed by atoms with van der Waals surface area (Å²) in [5.74, 6) is 0.0270. The van der Waals surface area contributed by atoms with E-state index in [-0.39, 0.29) is 18.0 Å². The minimum atomic E-state index is 0.0246. The number of nitrogens with one attached hydrogen (secondary N) is 1. The Kier molecular flexibility index (Phi) is 5.98. The monoisotopic (exact) mass is 267 g/mol. The molecule has 6 heteroatoms. The number of hydrogen-bond donors (Lipinski definition) is 2. The minimum absolute atomic E-state index is 0.0246. The lowest BCUT2D eigenvalue weighted by Gasteiger charge is -2.28. The number of amides is 1. The highest BCUT2D eigenvalue weighted by Gasteiger charge is 2.21. The van der Waals surface area contributed by atoms with Crippen LogP contribution in [0.4, 0.5) is 0 Å². The van der Waals surface area contributed by atoms with Crippen molar-refractivity contribution in [2.24, 2.45) is 12.8 Å². The van der Waals surface area contributed by atoms with E-state index in [1.165, 1.54) is 0 Å². The van der Waals surface area contributed by atoms with E-state index >= 15 is 0 Å². The first kappa shape index (κ1) is 15.7. The van der Waals surface area contributed by atoms with Gasteiger partial charge in [-0.25, -0.2) is 0 Å². The highest BCUT2D eigenvalue weighted by molar-refractivity contribution is 5.78. The molecule has 3 N–H and O–H groups in total. The quantitative estimate of drug-likeness (QED) is 0.743. The number of carbonyl (C=O) groups excluding carboxylic acids is 1. The van der Waals surface area contributed by atoms with Crippen molar-refractivity contribution in [3.8, 4) is 0 Å². The van der Waals surface area contributed by atoms with E-state index in [9.17, 15) is 4.79 Å². The summed E-state index contributed by atoms with van der Waals surface area (Å²) >= 11 is 0. The van der Waals surface area contributed by atoms with Gasteiger partial charge in [0.1, 0.15) is 0 Å². The molecule has 0 aliphatic carbocycles. The molecular weight excluding hydrogens is 242 g/mol. The van der Waals surface area contributed by atoms with E-state index in [0.717, 1.165) is 12.1 Å². The molecule has 19 heavy (non-hydrogen) atoms. The van der Waals surface area contributed by atoms with E-state index in [0.29, 0.717) is 13.1 Å². The highest BCUT2D eigenvalue weighted by atomic mass is 16.2. The molecule has 108 valence electrons. The Labute approximate surface area is 114 Å². The van der Waals surface area contributed by atoms with Gasteiger partial charge in [0.2, 0.25) is 5.91 Å². The Morgan fingerprint density at radius 3 is 2.68 bits per heavy atom. The summed E-state index contributed by atoms with van der Waals surface area (Å²) in [4.78, 5) is 13.9. The van der Waals surface area contributed by atoms with E-state index < -0.39 is 0 Å². The molecule has 0 bridgehead atoms. The molecule has 1 aromatic rings. The minimum Gasteiger partial charge on any atom is -0.353 e. The number of nitrogens with zero attached hydrogens (tertiary/aromatic N) is 3. The Bertz CT molecular complexity index is 401. The fourth-order valence-electron chi connectivity index (χ4n) is 2.10. The van der Waals surface area contributed by atoms with Crippen LogP contribution in [0.5, 0.6) is 0 Å². The number of aryl methyl sites for hydroxylation is 1. The van der Waals surface area contributed by atoms with Gasteiger partial charge in [0, 0.05) is 31.4 Å². The maximum absolute atomic E-state index is 11.9. The zero-order valence-corrected chi connectivity index (χ0v) is 12.3. The molecule has 0 aliphatic rings. The van der Waals surface area contributed by atoms with Gasteiger partial charge in [0.05, 0.1) is 18.8 Å². The van der Waals surface area contributed by atoms with Crippen LogP contribution in [-0.4, -0.2) is 46.3 Å². The van der Waals surface area contributed by atoms with Crippen molar-refractivity contribution in [3.05, 3.63) is 18.0 Å². The smallest absolute Gasteiger partial charge is 0.234 e. The molecule has 0 saturated heterocycles. The predicted molar refractivity (Wildman–Crippen MR) is 75.5 cm³/mol. The number of rotatable bonds is 7. The number of hydrogen-bond acceptors (Lipinski definition) is 4. The first-order valence-corrected chi connectivity index (χ1v) is 6.69. The summed E-state index contributed by atoms with van der Waals surface area (Å²) in [6.07, 6.45) is 3.75. The van der Waals surface area contributed by atoms with Crippen LogP contribution >= 0.6 is 0 Å². The molecule has 6 nitrogen and oxygen atoms in total. The largest absolute Gasteiger partial charge is 0.353 e. The summed E-state index contributed by atoms with van der Waals surface area (Å²) in [5.41, 5.74) is 6.90. The Morgan fingerprint density at radius 2 is 2.26 bits per heavy atom. The van der Waals surface area contributed by atoms with Gasteiger partial charge in [-0.3, -0.25) is 14.4 Å². The number of aromatic nitrogens is 2. The third-order valence-electron chi connectivity index (χ3n) is 2.98. The number of nitrogens with two attached hydrogens (primary N) is 1. The summed E-state index contributed by atoms with van der Waals surface area (Å²) < 4.78 is 1.75. The molecule has 1 aromatic heterocycles. The standard InChI is InChI=1S/C13H25N5O/c1-5-18(9-13(19)16-10(2)3)12(6-14)11-7-15-17(4)8-11/h7-8,10,12H,5-6,9,14H2,1-4H3,(H,16,19). The molecule has 1 unspecified atom stereocenters. The van der Waals surface area contributed by atoms with Gasteiger partial charge in [-0.15, -0.1) is 0 Å². The van der Waals surface area contributed by atoms with E-state index in [2.05, 4.69) is 15.3 Å². The van der Waals surface area contributed by atoms with Crippen LogP contribution in [-0.2, 0) is 11.8 Å². The third kappa shape index (κ3) is 4.65. The predicted octanol–water partition coefficient (Wildman–Crippen LogP) is 0.266. The van der Waals surface area contributed by atoms with Crippen LogP contribution in [0.3, 0.4) is 0 Å². The van der Waals surface area contributed by atoms with Crippen LogP contribution in [0.25, 0.3) is 0 Å². The Balaban J connectivity index is 2.73. The highest BCUT2D eigenvalue weighted by Crippen LogP contribution is 2.18. The van der Waals surface area contributed by atoms with Crippen LogP contribution in [0.2, 0.25) is 0 Å². The van der Waals surface area contributed by atoms with Crippen molar-refractivity contribution < 1.29 is 4.79 Å². The molecule has 0 aromatic carbocycles. The molecule has 0 radical (unpaired) electrons. The van der Waals surface area contributed by atoms with Crippen molar-refractivity contribution in [2.45, 2.75) is 32.9 Å². The zero-order chi connectivity index (χ0) is 14.4. The molecule has 0 spiro atoms. The van der Waals surface area contributed by atoms with Crippen molar-refractivity contribution in [3.63, 3.8) is 0 Å². The molecular formula is C13H25N5O.